The summed E-state index contributed by atoms with van der Waals surface area (Å²) in [6.07, 6.45) is -7.20. The topological polar surface area (TPSA) is 89.5 Å². The predicted octanol–water partition coefficient (Wildman–Crippen LogP) is 8.34. The first kappa shape index (κ1) is 34.5. The number of aromatic nitrogens is 3. The van der Waals surface area contributed by atoms with Gasteiger partial charge in [-0.05, 0) is 48.5 Å². The van der Waals surface area contributed by atoms with Gasteiger partial charge in [0.25, 0.3) is 0 Å². The van der Waals surface area contributed by atoms with Gasteiger partial charge in [0.15, 0.2) is 10.9 Å². The maximum atomic E-state index is 13.1. The number of carbonyl (C=O) groups is 1. The first-order valence-corrected chi connectivity index (χ1v) is 16.2. The molecule has 0 spiro atoms. The maximum Gasteiger partial charge on any atom is 0.416 e. The standard InChI is InChI=1S/C19H16F3N5OS.C15H14F3N3/c1-26-8-9-27(18(28)25-17-23-7-10-29-17)16-15(26)6-5-14(24-16)12-3-2-4-13(11-12)19(20,21)22;1-21-8-7-19-14-13(21)6-5-12(20-14)10-3-2-4-11(9-10)15(16,17)18/h2-7,10-11H,8-9H2,1H3,(H,23,25,28);2-6,9H,7-8H2,1H3,(H,19,20). The number of hydrogen-bond acceptors (Lipinski definition) is 8. The number of benzene rings is 2. The summed E-state index contributed by atoms with van der Waals surface area (Å²) >= 11 is 1.29. The molecule has 5 aromatic rings. The van der Waals surface area contributed by atoms with Crippen molar-refractivity contribution in [2.75, 3.05) is 65.6 Å². The van der Waals surface area contributed by atoms with E-state index in [-0.39, 0.29) is 6.03 Å². The summed E-state index contributed by atoms with van der Waals surface area (Å²) in [6, 6.07) is 16.9. The highest BCUT2D eigenvalue weighted by atomic mass is 32.1. The van der Waals surface area contributed by atoms with Crippen LogP contribution in [0.25, 0.3) is 22.5 Å². The molecule has 0 saturated carbocycles. The molecule has 0 radical (unpaired) electrons. The Morgan fingerprint density at radius 2 is 1.38 bits per heavy atom. The summed E-state index contributed by atoms with van der Waals surface area (Å²) in [5.41, 5.74) is 1.95. The number of nitrogens with one attached hydrogen (secondary N) is 2. The van der Waals surface area contributed by atoms with E-state index in [1.807, 2.05) is 25.1 Å². The van der Waals surface area contributed by atoms with Crippen LogP contribution in [0.4, 0.5) is 59.3 Å². The van der Waals surface area contributed by atoms with Crippen LogP contribution >= 0.6 is 11.3 Å². The molecule has 7 rings (SSSR count). The molecule has 0 fully saturated rings. The van der Waals surface area contributed by atoms with Crippen molar-refractivity contribution in [3.63, 3.8) is 0 Å². The minimum Gasteiger partial charge on any atom is -0.370 e. The monoisotopic (exact) mass is 712 g/mol. The lowest BCUT2D eigenvalue weighted by atomic mass is 10.1. The number of alkyl halides is 6. The molecule has 0 unspecified atom stereocenters. The van der Waals surface area contributed by atoms with Crippen LogP contribution in [0.1, 0.15) is 11.1 Å². The van der Waals surface area contributed by atoms with E-state index in [1.165, 1.54) is 28.4 Å². The van der Waals surface area contributed by atoms with Crippen molar-refractivity contribution in [2.45, 2.75) is 12.4 Å². The van der Waals surface area contributed by atoms with Gasteiger partial charge >= 0.3 is 18.4 Å². The summed E-state index contributed by atoms with van der Waals surface area (Å²) in [4.78, 5) is 31.2. The van der Waals surface area contributed by atoms with Gasteiger partial charge in [0, 0.05) is 63.0 Å². The number of likely N-dealkylation sites (N-methyl/N-ethyl adjacent to an activating group) is 2. The number of fused-ring (bicyclic) bond motifs is 2. The third-order valence-electron chi connectivity index (χ3n) is 8.07. The molecule has 0 atom stereocenters. The number of carbonyl (C=O) groups excluding carboxylic acids is 1. The molecule has 9 nitrogen and oxygen atoms in total. The highest BCUT2D eigenvalue weighted by molar-refractivity contribution is 7.13. The van der Waals surface area contributed by atoms with E-state index in [0.29, 0.717) is 52.4 Å². The lowest BCUT2D eigenvalue weighted by Gasteiger charge is -2.34. The smallest absolute Gasteiger partial charge is 0.370 e. The Hall–Kier alpha value is -5.38. The van der Waals surface area contributed by atoms with E-state index in [2.05, 4.69) is 30.5 Å². The zero-order chi connectivity index (χ0) is 35.6. The van der Waals surface area contributed by atoms with E-state index in [0.717, 1.165) is 48.7 Å². The first-order chi connectivity index (χ1) is 23.8. The number of rotatable bonds is 3. The molecule has 3 aromatic heterocycles. The molecule has 260 valence electrons. The molecule has 0 aliphatic carbocycles. The van der Waals surface area contributed by atoms with E-state index in [1.54, 1.807) is 41.9 Å². The van der Waals surface area contributed by atoms with E-state index < -0.39 is 23.5 Å². The zero-order valence-electron chi connectivity index (χ0n) is 26.7. The largest absolute Gasteiger partial charge is 0.416 e. The molecule has 2 aliphatic heterocycles. The van der Waals surface area contributed by atoms with E-state index in [4.69, 9.17) is 0 Å². The predicted molar refractivity (Wildman–Crippen MR) is 183 cm³/mol. The van der Waals surface area contributed by atoms with Gasteiger partial charge < -0.3 is 15.1 Å². The Morgan fingerprint density at radius 3 is 1.98 bits per heavy atom. The number of thiazole rings is 1. The second kappa shape index (κ2) is 13.9. The maximum absolute atomic E-state index is 13.1. The van der Waals surface area contributed by atoms with Gasteiger partial charge in [-0.3, -0.25) is 10.2 Å². The Bertz CT molecular complexity index is 1990. The van der Waals surface area contributed by atoms with Crippen LogP contribution in [0, 0.1) is 0 Å². The van der Waals surface area contributed by atoms with Crippen molar-refractivity contribution < 1.29 is 31.1 Å². The zero-order valence-corrected chi connectivity index (χ0v) is 27.5. The van der Waals surface area contributed by atoms with Crippen molar-refractivity contribution in [3.05, 3.63) is 95.5 Å². The molecule has 16 heteroatoms. The fourth-order valence-corrected chi connectivity index (χ4v) is 5.96. The number of halogens is 6. The van der Waals surface area contributed by atoms with Gasteiger partial charge in [0.1, 0.15) is 5.82 Å². The van der Waals surface area contributed by atoms with Crippen LogP contribution in [0.2, 0.25) is 0 Å². The molecule has 2 aliphatic rings. The van der Waals surface area contributed by atoms with Crippen LogP contribution in [0.5, 0.6) is 0 Å². The van der Waals surface area contributed by atoms with Crippen molar-refractivity contribution in [1.29, 1.82) is 0 Å². The van der Waals surface area contributed by atoms with Gasteiger partial charge in [-0.25, -0.2) is 19.7 Å². The molecule has 0 saturated heterocycles. The Morgan fingerprint density at radius 1 is 0.780 bits per heavy atom. The fraction of sp³-hybridized carbons (Fsp3) is 0.235. The lowest BCUT2D eigenvalue weighted by molar-refractivity contribution is -0.138. The van der Waals surface area contributed by atoms with Crippen LogP contribution in [0.3, 0.4) is 0 Å². The van der Waals surface area contributed by atoms with Crippen molar-refractivity contribution in [1.82, 2.24) is 15.0 Å². The summed E-state index contributed by atoms with van der Waals surface area (Å²) < 4.78 is 77.5. The van der Waals surface area contributed by atoms with Crippen molar-refractivity contribution >= 4 is 45.5 Å². The Kier molecular flexibility index (Phi) is 9.56. The van der Waals surface area contributed by atoms with E-state index in [9.17, 15) is 31.1 Å². The van der Waals surface area contributed by atoms with Crippen LogP contribution in [-0.2, 0) is 12.4 Å². The second-order valence-corrected chi connectivity index (χ2v) is 12.3. The SMILES string of the molecule is CN1CCN(C(=O)Nc2nccs2)c2nc(-c3cccc(C(F)(F)F)c3)ccc21.CN1CCNc2nc(-c3cccc(C(F)(F)F)c3)ccc21. The third-order valence-corrected chi connectivity index (χ3v) is 8.76. The number of nitrogens with zero attached hydrogens (tertiary/aromatic N) is 6. The molecule has 0 bridgehead atoms. The summed E-state index contributed by atoms with van der Waals surface area (Å²) in [5, 5.41) is 8.11. The molecule has 5 heterocycles. The van der Waals surface area contributed by atoms with Crippen molar-refractivity contribution in [3.8, 4) is 22.5 Å². The number of amides is 2. The van der Waals surface area contributed by atoms with Gasteiger partial charge in [-0.2, -0.15) is 26.3 Å². The second-order valence-electron chi connectivity index (χ2n) is 11.4. The van der Waals surface area contributed by atoms with Crippen LogP contribution < -0.4 is 25.3 Å². The number of hydrogen-bond donors (Lipinski definition) is 2. The molecule has 2 amide bonds. The average molecular weight is 713 g/mol. The minimum atomic E-state index is -4.44. The first-order valence-electron chi connectivity index (χ1n) is 15.3. The highest BCUT2D eigenvalue weighted by Crippen LogP contribution is 2.37. The number of anilines is 5. The number of pyridine rings is 2. The molecule has 2 aromatic carbocycles. The lowest BCUT2D eigenvalue weighted by Crippen LogP contribution is -2.45. The highest BCUT2D eigenvalue weighted by Gasteiger charge is 2.32. The fourth-order valence-electron chi connectivity index (χ4n) is 5.44. The van der Waals surface area contributed by atoms with Crippen molar-refractivity contribution in [2.24, 2.45) is 0 Å². The average Bonchev–Trinajstić information content (AvgIpc) is 3.61. The third kappa shape index (κ3) is 7.59. The molecular formula is C34H30F6N8OS. The Labute approximate surface area is 287 Å². The molecule has 50 heavy (non-hydrogen) atoms. The summed E-state index contributed by atoms with van der Waals surface area (Å²) in [6.45, 7) is 2.63. The molecular weight excluding hydrogens is 682 g/mol. The number of urea groups is 1. The summed E-state index contributed by atoms with van der Waals surface area (Å²) in [5.74, 6) is 1.10. The van der Waals surface area contributed by atoms with Crippen LogP contribution in [-0.4, -0.2) is 61.3 Å². The molecule has 2 N–H and O–H groups in total. The van der Waals surface area contributed by atoms with E-state index >= 15 is 0 Å². The Balaban J connectivity index is 0.000000182. The summed E-state index contributed by atoms with van der Waals surface area (Å²) in [7, 11) is 3.84. The van der Waals surface area contributed by atoms with Gasteiger partial charge in [-0.1, -0.05) is 24.3 Å². The van der Waals surface area contributed by atoms with Gasteiger partial charge in [0.2, 0.25) is 0 Å². The minimum absolute atomic E-state index is 0.330. The van der Waals surface area contributed by atoms with Gasteiger partial charge in [0.05, 0.1) is 33.9 Å². The normalized spacial score (nSPS) is 14.2. The quantitative estimate of drug-likeness (QED) is 0.182. The van der Waals surface area contributed by atoms with Crippen LogP contribution in [0.15, 0.2) is 84.4 Å². The van der Waals surface area contributed by atoms with Gasteiger partial charge in [-0.15, -0.1) is 11.3 Å².